The molecule has 2 heterocycles. The Hall–Kier alpha value is -2.17. The summed E-state index contributed by atoms with van der Waals surface area (Å²) in [6.45, 7) is 2.37. The Morgan fingerprint density at radius 3 is 2.78 bits per heavy atom. The summed E-state index contributed by atoms with van der Waals surface area (Å²) in [5, 5.41) is 3.90. The molecule has 18 heavy (non-hydrogen) atoms. The summed E-state index contributed by atoms with van der Waals surface area (Å²) in [7, 11) is 0. The van der Waals surface area contributed by atoms with Gasteiger partial charge in [0.05, 0.1) is 0 Å². The topological polar surface area (TPSA) is 59.2 Å². The molecule has 0 aliphatic carbocycles. The summed E-state index contributed by atoms with van der Waals surface area (Å²) < 4.78 is 4.96. The number of benzene rings is 1. The van der Waals surface area contributed by atoms with Gasteiger partial charge in [0.15, 0.2) is 5.82 Å². The molecule has 1 fully saturated rings. The van der Waals surface area contributed by atoms with E-state index in [2.05, 4.69) is 10.1 Å². The van der Waals surface area contributed by atoms with Gasteiger partial charge in [0.2, 0.25) is 11.8 Å². The van der Waals surface area contributed by atoms with E-state index in [1.165, 1.54) is 0 Å². The molecule has 0 bridgehead atoms. The Morgan fingerprint density at radius 2 is 2.11 bits per heavy atom. The van der Waals surface area contributed by atoms with Gasteiger partial charge >= 0.3 is 0 Å². The van der Waals surface area contributed by atoms with Gasteiger partial charge in [0.1, 0.15) is 0 Å². The van der Waals surface area contributed by atoms with E-state index in [-0.39, 0.29) is 11.8 Å². The van der Waals surface area contributed by atoms with Crippen LogP contribution in [0.25, 0.3) is 0 Å². The molecule has 3 rings (SSSR count). The summed E-state index contributed by atoms with van der Waals surface area (Å²) in [6.07, 6.45) is 0.438. The van der Waals surface area contributed by atoms with Gasteiger partial charge in [0, 0.05) is 31.5 Å². The maximum absolute atomic E-state index is 12.0. The smallest absolute Gasteiger partial charge is 0.227 e. The minimum atomic E-state index is 0.0233. The van der Waals surface area contributed by atoms with Crippen molar-refractivity contribution in [2.24, 2.45) is 0 Å². The molecule has 1 saturated heterocycles. The van der Waals surface area contributed by atoms with Crippen molar-refractivity contribution in [1.82, 2.24) is 10.1 Å². The molecule has 1 aromatic heterocycles. The fraction of sp³-hybridized carbons (Fsp3) is 0.308. The normalized spacial score (nSPS) is 19.5. The van der Waals surface area contributed by atoms with Crippen molar-refractivity contribution in [3.63, 3.8) is 0 Å². The minimum Gasteiger partial charge on any atom is -0.340 e. The molecular formula is C13H13N3O2. The van der Waals surface area contributed by atoms with Crippen LogP contribution in [0.2, 0.25) is 0 Å². The molecular weight excluding hydrogens is 230 g/mol. The van der Waals surface area contributed by atoms with Gasteiger partial charge in [-0.25, -0.2) is 0 Å². The van der Waals surface area contributed by atoms with Crippen LogP contribution in [-0.4, -0.2) is 22.6 Å². The zero-order valence-corrected chi connectivity index (χ0v) is 10.0. The van der Waals surface area contributed by atoms with Gasteiger partial charge in [-0.2, -0.15) is 4.98 Å². The number of carbonyl (C=O) groups is 1. The predicted molar refractivity (Wildman–Crippen MR) is 65.2 cm³/mol. The van der Waals surface area contributed by atoms with Crippen molar-refractivity contribution in [2.45, 2.75) is 19.3 Å². The molecule has 0 spiro atoms. The molecule has 92 valence electrons. The third-order valence-corrected chi connectivity index (χ3v) is 3.10. The van der Waals surface area contributed by atoms with Crippen LogP contribution >= 0.6 is 0 Å². The van der Waals surface area contributed by atoms with Crippen molar-refractivity contribution < 1.29 is 9.32 Å². The molecule has 5 heteroatoms. The van der Waals surface area contributed by atoms with Crippen LogP contribution in [0.5, 0.6) is 0 Å². The molecule has 1 atom stereocenters. The predicted octanol–water partition coefficient (Wildman–Crippen LogP) is 1.90. The Kier molecular flexibility index (Phi) is 2.59. The van der Waals surface area contributed by atoms with E-state index in [9.17, 15) is 4.79 Å². The second-order valence-electron chi connectivity index (χ2n) is 4.41. The van der Waals surface area contributed by atoms with E-state index in [0.29, 0.717) is 24.7 Å². The zero-order chi connectivity index (χ0) is 12.5. The molecule has 5 nitrogen and oxygen atoms in total. The minimum absolute atomic E-state index is 0.0233. The number of aromatic nitrogens is 2. The molecule has 2 aromatic rings. The molecule has 1 unspecified atom stereocenters. The third-order valence-electron chi connectivity index (χ3n) is 3.10. The number of rotatable bonds is 2. The van der Waals surface area contributed by atoms with E-state index in [1.54, 1.807) is 11.8 Å². The lowest BCUT2D eigenvalue weighted by atomic mass is 10.1. The van der Waals surface area contributed by atoms with Crippen LogP contribution in [0.3, 0.4) is 0 Å². The van der Waals surface area contributed by atoms with E-state index in [4.69, 9.17) is 4.52 Å². The third kappa shape index (κ3) is 1.88. The van der Waals surface area contributed by atoms with E-state index in [1.807, 2.05) is 30.3 Å². The highest BCUT2D eigenvalue weighted by atomic mass is 16.5. The Balaban J connectivity index is 1.83. The fourth-order valence-corrected chi connectivity index (χ4v) is 2.22. The monoisotopic (exact) mass is 243 g/mol. The van der Waals surface area contributed by atoms with Crippen molar-refractivity contribution in [1.29, 1.82) is 0 Å². The molecule has 0 saturated carbocycles. The fourth-order valence-electron chi connectivity index (χ4n) is 2.22. The van der Waals surface area contributed by atoms with Crippen molar-refractivity contribution in [3.8, 4) is 0 Å². The number of carbonyl (C=O) groups excluding carboxylic acids is 1. The number of anilines is 1. The highest BCUT2D eigenvalue weighted by Crippen LogP contribution is 2.30. The van der Waals surface area contributed by atoms with Crippen LogP contribution in [0, 0.1) is 6.92 Å². The number of nitrogens with zero attached hydrogens (tertiary/aromatic N) is 3. The number of hydrogen-bond donors (Lipinski definition) is 0. The van der Waals surface area contributed by atoms with Crippen molar-refractivity contribution in [2.75, 3.05) is 11.4 Å². The maximum atomic E-state index is 12.0. The Labute approximate surface area is 104 Å². The van der Waals surface area contributed by atoms with Gasteiger partial charge in [-0.05, 0) is 12.1 Å². The molecule has 0 N–H and O–H groups in total. The van der Waals surface area contributed by atoms with Gasteiger partial charge in [-0.3, -0.25) is 4.79 Å². The summed E-state index contributed by atoms with van der Waals surface area (Å²) in [4.78, 5) is 18.0. The number of hydrogen-bond acceptors (Lipinski definition) is 4. The first-order chi connectivity index (χ1) is 8.74. The SMILES string of the molecule is Cc1nc(C2CC(=O)N(c3ccccc3)C2)no1. The van der Waals surface area contributed by atoms with Crippen molar-refractivity contribution >= 4 is 11.6 Å². The van der Waals surface area contributed by atoms with Crippen molar-refractivity contribution in [3.05, 3.63) is 42.0 Å². The average molecular weight is 243 g/mol. The lowest BCUT2D eigenvalue weighted by molar-refractivity contribution is -0.117. The summed E-state index contributed by atoms with van der Waals surface area (Å²) in [5.74, 6) is 1.29. The van der Waals surface area contributed by atoms with Gasteiger partial charge in [-0.1, -0.05) is 23.4 Å². The first kappa shape index (κ1) is 11.0. The first-order valence-electron chi connectivity index (χ1n) is 5.89. The zero-order valence-electron chi connectivity index (χ0n) is 10.0. The van der Waals surface area contributed by atoms with Gasteiger partial charge in [0.25, 0.3) is 0 Å². The standard InChI is InChI=1S/C13H13N3O2/c1-9-14-13(15-18-9)10-7-12(17)16(8-10)11-5-3-2-4-6-11/h2-6,10H,7-8H2,1H3. The molecule has 1 aromatic carbocycles. The van der Waals surface area contributed by atoms with Crippen LogP contribution < -0.4 is 4.90 Å². The van der Waals surface area contributed by atoms with E-state index in [0.717, 1.165) is 5.69 Å². The van der Waals surface area contributed by atoms with Crippen LogP contribution in [0.15, 0.2) is 34.9 Å². The van der Waals surface area contributed by atoms with Crippen LogP contribution in [0.4, 0.5) is 5.69 Å². The second kappa shape index (κ2) is 4.25. The number of aryl methyl sites for hydroxylation is 1. The summed E-state index contributed by atoms with van der Waals surface area (Å²) in [5.41, 5.74) is 0.921. The van der Waals surface area contributed by atoms with Crippen LogP contribution in [-0.2, 0) is 4.79 Å². The lowest BCUT2D eigenvalue weighted by Crippen LogP contribution is -2.24. The molecule has 1 aliphatic rings. The molecule has 0 radical (unpaired) electrons. The average Bonchev–Trinajstić information content (AvgIpc) is 2.97. The highest BCUT2D eigenvalue weighted by Gasteiger charge is 2.34. The van der Waals surface area contributed by atoms with Gasteiger partial charge < -0.3 is 9.42 Å². The second-order valence-corrected chi connectivity index (χ2v) is 4.41. The Morgan fingerprint density at radius 1 is 1.33 bits per heavy atom. The maximum Gasteiger partial charge on any atom is 0.227 e. The lowest BCUT2D eigenvalue weighted by Gasteiger charge is -2.15. The summed E-state index contributed by atoms with van der Waals surface area (Å²) in [6, 6.07) is 9.65. The molecule has 1 aliphatic heterocycles. The molecule has 1 amide bonds. The summed E-state index contributed by atoms with van der Waals surface area (Å²) >= 11 is 0. The largest absolute Gasteiger partial charge is 0.340 e. The number of amides is 1. The van der Waals surface area contributed by atoms with E-state index < -0.39 is 0 Å². The highest BCUT2D eigenvalue weighted by molar-refractivity contribution is 5.96. The first-order valence-corrected chi connectivity index (χ1v) is 5.89. The quantitative estimate of drug-likeness (QED) is 0.808. The van der Waals surface area contributed by atoms with Gasteiger partial charge in [-0.15, -0.1) is 0 Å². The van der Waals surface area contributed by atoms with E-state index >= 15 is 0 Å². The number of para-hydroxylation sites is 1. The Bertz CT molecular complexity index is 565. The van der Waals surface area contributed by atoms with Crippen LogP contribution in [0.1, 0.15) is 24.1 Å².